The van der Waals surface area contributed by atoms with Crippen LogP contribution in [0, 0.1) is 0 Å². The second kappa shape index (κ2) is 6.96. The molecule has 3 heterocycles. The number of ether oxygens (including phenoxy) is 2. The summed E-state index contributed by atoms with van der Waals surface area (Å²) in [5.74, 6) is 1.12. The fraction of sp³-hybridized carbons (Fsp3) is 0.263. The highest BCUT2D eigenvalue weighted by Gasteiger charge is 2.33. The number of amides is 1. The number of thioether (sulfide) groups is 1. The van der Waals surface area contributed by atoms with Gasteiger partial charge in [-0.15, -0.1) is 4.40 Å². The highest BCUT2D eigenvalue weighted by Crippen LogP contribution is 2.42. The lowest BCUT2D eigenvalue weighted by Crippen LogP contribution is -2.35. The summed E-state index contributed by atoms with van der Waals surface area (Å²) in [5, 5.41) is 3.35. The molecule has 0 bridgehead atoms. The number of para-hydroxylation sites is 1. The highest BCUT2D eigenvalue weighted by molar-refractivity contribution is 8.15. The van der Waals surface area contributed by atoms with Crippen molar-refractivity contribution in [2.45, 2.75) is 11.4 Å². The summed E-state index contributed by atoms with van der Waals surface area (Å²) in [7, 11) is -3.40. The van der Waals surface area contributed by atoms with Crippen molar-refractivity contribution in [2.75, 3.05) is 30.4 Å². The van der Waals surface area contributed by atoms with Crippen LogP contribution in [0.4, 0.5) is 5.69 Å². The lowest BCUT2D eigenvalue weighted by molar-refractivity contribution is 0.0949. The molecule has 0 saturated heterocycles. The van der Waals surface area contributed by atoms with Crippen molar-refractivity contribution in [1.82, 2.24) is 5.32 Å². The number of nitrogens with zero attached hydrogens (tertiary/aromatic N) is 2. The van der Waals surface area contributed by atoms with E-state index in [0.717, 1.165) is 16.1 Å². The normalized spacial score (nSPS) is 18.5. The molecule has 0 saturated carbocycles. The molecule has 0 aromatic heterocycles. The van der Waals surface area contributed by atoms with Gasteiger partial charge in [-0.25, -0.2) is 8.42 Å². The number of nitrogens with one attached hydrogen (secondary N) is 1. The number of hydrogen-bond donors (Lipinski definition) is 1. The molecule has 0 unspecified atom stereocenters. The molecule has 0 aliphatic carbocycles. The van der Waals surface area contributed by atoms with Gasteiger partial charge in [-0.2, -0.15) is 0 Å². The van der Waals surface area contributed by atoms with Crippen LogP contribution in [-0.2, 0) is 16.6 Å². The Morgan fingerprint density at radius 1 is 1.21 bits per heavy atom. The highest BCUT2D eigenvalue weighted by atomic mass is 32.2. The zero-order valence-electron chi connectivity index (χ0n) is 15.3. The summed E-state index contributed by atoms with van der Waals surface area (Å²) >= 11 is 1.27. The van der Waals surface area contributed by atoms with Crippen molar-refractivity contribution in [1.29, 1.82) is 0 Å². The fourth-order valence-corrected chi connectivity index (χ4v) is 5.72. The lowest BCUT2D eigenvalue weighted by Gasteiger charge is -2.22. The first-order valence-corrected chi connectivity index (χ1v) is 11.5. The van der Waals surface area contributed by atoms with Crippen molar-refractivity contribution < 1.29 is 22.7 Å². The van der Waals surface area contributed by atoms with Crippen LogP contribution in [0.1, 0.15) is 15.9 Å². The molecule has 0 fully saturated rings. The molecule has 29 heavy (non-hydrogen) atoms. The third-order valence-corrected chi connectivity index (χ3v) is 7.13. The topological polar surface area (TPSA) is 97.3 Å². The molecule has 0 atom stereocenters. The monoisotopic (exact) mass is 431 g/mol. The van der Waals surface area contributed by atoms with E-state index in [1.165, 1.54) is 11.8 Å². The molecule has 0 spiro atoms. The van der Waals surface area contributed by atoms with Gasteiger partial charge in [0.1, 0.15) is 13.2 Å². The Balaban J connectivity index is 1.33. The molecule has 2 aromatic carbocycles. The Labute approximate surface area is 172 Å². The van der Waals surface area contributed by atoms with Crippen LogP contribution in [0.3, 0.4) is 0 Å². The first kappa shape index (κ1) is 18.3. The SMILES string of the molecule is O=C(NCc1cccc2c1OCCO2)c1ccc2c(c1)SC1=NS(=O)(=O)CCN12. The number of carbonyl (C=O) groups is 1. The summed E-state index contributed by atoms with van der Waals surface area (Å²) in [6.07, 6.45) is 0. The standard InChI is InChI=1S/C19H17N3O5S2/c23-18(20-11-13-2-1-3-15-17(13)27-8-7-26-15)12-4-5-14-16(10-12)28-19-21-29(24,25)9-6-22(14)19/h1-5,10H,6-9,11H2,(H,20,23). The Bertz CT molecular complexity index is 1150. The van der Waals surface area contributed by atoms with Gasteiger partial charge in [-0.05, 0) is 36.0 Å². The summed E-state index contributed by atoms with van der Waals surface area (Å²) < 4.78 is 38.5. The smallest absolute Gasteiger partial charge is 0.257 e. The van der Waals surface area contributed by atoms with E-state index in [9.17, 15) is 13.2 Å². The van der Waals surface area contributed by atoms with Crippen LogP contribution in [0.15, 0.2) is 45.7 Å². The summed E-state index contributed by atoms with van der Waals surface area (Å²) in [6, 6.07) is 10.9. The molecule has 10 heteroatoms. The molecule has 3 aliphatic heterocycles. The average Bonchev–Trinajstić information content (AvgIpc) is 3.07. The first-order valence-electron chi connectivity index (χ1n) is 9.08. The summed E-state index contributed by atoms with van der Waals surface area (Å²) in [4.78, 5) is 15.4. The minimum atomic E-state index is -3.40. The number of sulfonamides is 1. The molecule has 5 rings (SSSR count). The molecule has 3 aliphatic rings. The van der Waals surface area contributed by atoms with Crippen molar-refractivity contribution in [3.63, 3.8) is 0 Å². The van der Waals surface area contributed by atoms with Gasteiger partial charge in [-0.1, -0.05) is 12.1 Å². The Hall–Kier alpha value is -2.72. The number of benzene rings is 2. The quantitative estimate of drug-likeness (QED) is 0.794. The zero-order chi connectivity index (χ0) is 20.0. The van der Waals surface area contributed by atoms with E-state index in [-0.39, 0.29) is 11.7 Å². The van der Waals surface area contributed by atoms with E-state index in [1.807, 2.05) is 29.2 Å². The molecule has 150 valence electrons. The van der Waals surface area contributed by atoms with Gasteiger partial charge in [0, 0.05) is 29.1 Å². The maximum absolute atomic E-state index is 12.7. The zero-order valence-corrected chi connectivity index (χ0v) is 16.9. The van der Waals surface area contributed by atoms with Crippen molar-refractivity contribution in [2.24, 2.45) is 4.40 Å². The largest absolute Gasteiger partial charge is 0.486 e. The molecule has 0 radical (unpaired) electrons. The van der Waals surface area contributed by atoms with Crippen molar-refractivity contribution in [3.8, 4) is 11.5 Å². The molecule has 1 N–H and O–H groups in total. The van der Waals surface area contributed by atoms with Gasteiger partial charge in [0.15, 0.2) is 16.7 Å². The lowest BCUT2D eigenvalue weighted by atomic mass is 10.1. The van der Waals surface area contributed by atoms with E-state index in [2.05, 4.69) is 9.71 Å². The minimum Gasteiger partial charge on any atom is -0.486 e. The van der Waals surface area contributed by atoms with Crippen LogP contribution in [0.25, 0.3) is 0 Å². The van der Waals surface area contributed by atoms with Crippen LogP contribution < -0.4 is 19.7 Å². The third kappa shape index (κ3) is 3.42. The summed E-state index contributed by atoms with van der Waals surface area (Å²) in [5.41, 5.74) is 2.23. The van der Waals surface area contributed by atoms with Gasteiger partial charge in [0.25, 0.3) is 15.9 Å². The maximum atomic E-state index is 12.7. The molecular formula is C19H17N3O5S2. The van der Waals surface area contributed by atoms with E-state index in [0.29, 0.717) is 48.5 Å². The van der Waals surface area contributed by atoms with Gasteiger partial charge in [0.2, 0.25) is 0 Å². The molecular weight excluding hydrogens is 414 g/mol. The second-order valence-corrected chi connectivity index (χ2v) is 9.48. The Morgan fingerprint density at radius 2 is 2.07 bits per heavy atom. The van der Waals surface area contributed by atoms with E-state index < -0.39 is 10.0 Å². The second-order valence-electron chi connectivity index (χ2n) is 6.72. The van der Waals surface area contributed by atoms with E-state index in [4.69, 9.17) is 9.47 Å². The number of amidine groups is 1. The predicted molar refractivity (Wildman–Crippen MR) is 109 cm³/mol. The van der Waals surface area contributed by atoms with E-state index in [1.54, 1.807) is 12.1 Å². The van der Waals surface area contributed by atoms with Gasteiger partial charge in [-0.3, -0.25) is 4.79 Å². The number of anilines is 1. The molecule has 8 nitrogen and oxygen atoms in total. The summed E-state index contributed by atoms with van der Waals surface area (Å²) in [6.45, 7) is 1.68. The van der Waals surface area contributed by atoms with Gasteiger partial charge in [0.05, 0.1) is 11.4 Å². The predicted octanol–water partition coefficient (Wildman–Crippen LogP) is 2.00. The Kier molecular flexibility index (Phi) is 4.39. The number of carbonyl (C=O) groups excluding carboxylic acids is 1. The average molecular weight is 431 g/mol. The van der Waals surface area contributed by atoms with Crippen LogP contribution in [0.5, 0.6) is 11.5 Å². The number of fused-ring (bicyclic) bond motifs is 4. The van der Waals surface area contributed by atoms with Gasteiger partial charge < -0.3 is 19.7 Å². The maximum Gasteiger partial charge on any atom is 0.257 e. The van der Waals surface area contributed by atoms with E-state index >= 15 is 0 Å². The number of hydrogen-bond acceptors (Lipinski definition) is 7. The van der Waals surface area contributed by atoms with Crippen molar-refractivity contribution >= 4 is 38.5 Å². The number of rotatable bonds is 3. The van der Waals surface area contributed by atoms with Crippen molar-refractivity contribution in [3.05, 3.63) is 47.5 Å². The fourth-order valence-electron chi connectivity index (χ4n) is 3.42. The minimum absolute atomic E-state index is 0.00802. The first-order chi connectivity index (χ1) is 14.0. The molecule has 2 aromatic rings. The van der Waals surface area contributed by atoms with Crippen LogP contribution >= 0.6 is 11.8 Å². The molecule has 1 amide bonds. The van der Waals surface area contributed by atoms with Gasteiger partial charge >= 0.3 is 0 Å². The van der Waals surface area contributed by atoms with Crippen LogP contribution in [0.2, 0.25) is 0 Å². The third-order valence-electron chi connectivity index (χ3n) is 4.82. The van der Waals surface area contributed by atoms with Crippen LogP contribution in [-0.4, -0.2) is 45.0 Å². The Morgan fingerprint density at radius 3 is 2.97 bits per heavy atom.